The molecule has 0 saturated carbocycles. The molecule has 3 unspecified atom stereocenters. The molecule has 0 saturated heterocycles. The van der Waals surface area contributed by atoms with E-state index in [9.17, 15) is 0 Å². The minimum absolute atomic E-state index is 0.858. The SMILES string of the molecule is CCCCC(C(C)C)C(CCC)C(C)CC. The Balaban J connectivity index is 4.51. The van der Waals surface area contributed by atoms with E-state index in [1.165, 1.54) is 38.5 Å². The van der Waals surface area contributed by atoms with Gasteiger partial charge in [-0.1, -0.05) is 73.6 Å². The smallest absolute Gasteiger partial charge is 0.0358 e. The van der Waals surface area contributed by atoms with Crippen LogP contribution < -0.4 is 0 Å². The number of rotatable bonds is 9. The van der Waals surface area contributed by atoms with E-state index in [0.717, 1.165) is 23.7 Å². The van der Waals surface area contributed by atoms with E-state index >= 15 is 0 Å². The van der Waals surface area contributed by atoms with E-state index in [1.54, 1.807) is 0 Å². The van der Waals surface area contributed by atoms with E-state index in [1.807, 2.05) is 0 Å². The predicted molar refractivity (Wildman–Crippen MR) is 75.7 cm³/mol. The zero-order chi connectivity index (χ0) is 12.6. The lowest BCUT2D eigenvalue weighted by atomic mass is 9.71. The molecule has 0 N–H and O–H groups in total. The van der Waals surface area contributed by atoms with E-state index in [2.05, 4.69) is 41.5 Å². The van der Waals surface area contributed by atoms with Crippen LogP contribution in [0.25, 0.3) is 0 Å². The Hall–Kier alpha value is 0. The summed E-state index contributed by atoms with van der Waals surface area (Å²) in [5.41, 5.74) is 0. The molecule has 0 amide bonds. The molecule has 0 aromatic heterocycles. The predicted octanol–water partition coefficient (Wildman–Crippen LogP) is 5.91. The summed E-state index contributed by atoms with van der Waals surface area (Å²) >= 11 is 0. The average Bonchev–Trinajstić information content (AvgIpc) is 2.26. The second-order valence-corrected chi connectivity index (χ2v) is 5.89. The molecule has 0 heterocycles. The lowest BCUT2D eigenvalue weighted by Gasteiger charge is -2.34. The minimum Gasteiger partial charge on any atom is -0.0654 e. The standard InChI is InChI=1S/C16H34/c1-7-10-12-15(13(4)5)16(11-8-2)14(6)9-3/h13-16H,7-12H2,1-6H3. The van der Waals surface area contributed by atoms with Crippen LogP contribution in [0.4, 0.5) is 0 Å². The van der Waals surface area contributed by atoms with Crippen LogP contribution in [0.3, 0.4) is 0 Å². The first kappa shape index (κ1) is 16.0. The van der Waals surface area contributed by atoms with E-state index < -0.39 is 0 Å². The molecular weight excluding hydrogens is 192 g/mol. The maximum Gasteiger partial charge on any atom is -0.0358 e. The number of unbranched alkanes of at least 4 members (excludes halogenated alkanes) is 1. The highest BCUT2D eigenvalue weighted by molar-refractivity contribution is 4.76. The Kier molecular flexibility index (Phi) is 9.07. The second-order valence-electron chi connectivity index (χ2n) is 5.89. The summed E-state index contributed by atoms with van der Waals surface area (Å²) in [5.74, 6) is 3.68. The van der Waals surface area contributed by atoms with Gasteiger partial charge in [0.05, 0.1) is 0 Å². The summed E-state index contributed by atoms with van der Waals surface area (Å²) < 4.78 is 0. The third-order valence-electron chi connectivity index (χ3n) is 4.29. The van der Waals surface area contributed by atoms with E-state index in [-0.39, 0.29) is 0 Å². The van der Waals surface area contributed by atoms with Gasteiger partial charge in [-0.3, -0.25) is 0 Å². The van der Waals surface area contributed by atoms with E-state index in [4.69, 9.17) is 0 Å². The molecule has 0 fully saturated rings. The van der Waals surface area contributed by atoms with Crippen LogP contribution >= 0.6 is 0 Å². The van der Waals surface area contributed by atoms with Crippen LogP contribution in [-0.4, -0.2) is 0 Å². The van der Waals surface area contributed by atoms with Gasteiger partial charge in [-0.05, 0) is 30.1 Å². The third kappa shape index (κ3) is 5.37. The van der Waals surface area contributed by atoms with Crippen LogP contribution in [0.15, 0.2) is 0 Å². The maximum atomic E-state index is 2.46. The normalized spacial score (nSPS) is 17.4. The highest BCUT2D eigenvalue weighted by Crippen LogP contribution is 2.36. The van der Waals surface area contributed by atoms with Crippen molar-refractivity contribution in [2.45, 2.75) is 80.1 Å². The van der Waals surface area contributed by atoms with Crippen LogP contribution in [0.1, 0.15) is 80.1 Å². The third-order valence-corrected chi connectivity index (χ3v) is 4.29. The number of hydrogen-bond acceptors (Lipinski definition) is 0. The molecule has 16 heavy (non-hydrogen) atoms. The largest absolute Gasteiger partial charge is 0.0654 e. The highest BCUT2D eigenvalue weighted by atomic mass is 14.3. The van der Waals surface area contributed by atoms with Gasteiger partial charge in [0.25, 0.3) is 0 Å². The average molecular weight is 226 g/mol. The Morgan fingerprint density at radius 3 is 1.75 bits per heavy atom. The Morgan fingerprint density at radius 2 is 1.38 bits per heavy atom. The van der Waals surface area contributed by atoms with Crippen LogP contribution in [-0.2, 0) is 0 Å². The fraction of sp³-hybridized carbons (Fsp3) is 1.00. The molecule has 0 spiro atoms. The lowest BCUT2D eigenvalue weighted by molar-refractivity contribution is 0.157. The molecule has 0 aromatic carbocycles. The van der Waals surface area contributed by atoms with Gasteiger partial charge in [0.2, 0.25) is 0 Å². The summed E-state index contributed by atoms with van der Waals surface area (Å²) in [6.07, 6.45) is 8.34. The summed E-state index contributed by atoms with van der Waals surface area (Å²) in [6.45, 7) is 14.3. The van der Waals surface area contributed by atoms with Gasteiger partial charge < -0.3 is 0 Å². The number of hydrogen-bond donors (Lipinski definition) is 0. The Labute approximate surface area is 104 Å². The van der Waals surface area contributed by atoms with Crippen LogP contribution in [0.5, 0.6) is 0 Å². The monoisotopic (exact) mass is 226 g/mol. The minimum atomic E-state index is 0.858. The summed E-state index contributed by atoms with van der Waals surface area (Å²) in [5, 5.41) is 0. The van der Waals surface area contributed by atoms with Gasteiger partial charge in [0.15, 0.2) is 0 Å². The van der Waals surface area contributed by atoms with Gasteiger partial charge in [0.1, 0.15) is 0 Å². The fourth-order valence-corrected chi connectivity index (χ4v) is 3.04. The van der Waals surface area contributed by atoms with Gasteiger partial charge in [-0.25, -0.2) is 0 Å². The summed E-state index contributed by atoms with van der Waals surface area (Å²) in [7, 11) is 0. The lowest BCUT2D eigenvalue weighted by Crippen LogP contribution is -2.26. The van der Waals surface area contributed by atoms with Crippen molar-refractivity contribution in [3.63, 3.8) is 0 Å². The molecule has 0 aliphatic heterocycles. The molecular formula is C16H34. The molecule has 98 valence electrons. The molecule has 0 aliphatic rings. The molecule has 0 heteroatoms. The summed E-state index contributed by atoms with van der Waals surface area (Å²) in [6, 6.07) is 0. The van der Waals surface area contributed by atoms with Crippen molar-refractivity contribution in [1.82, 2.24) is 0 Å². The zero-order valence-electron chi connectivity index (χ0n) is 12.6. The van der Waals surface area contributed by atoms with Crippen molar-refractivity contribution in [3.05, 3.63) is 0 Å². The van der Waals surface area contributed by atoms with Crippen molar-refractivity contribution >= 4 is 0 Å². The molecule has 0 radical (unpaired) electrons. The molecule has 0 aromatic rings. The Morgan fingerprint density at radius 1 is 0.750 bits per heavy atom. The molecule has 3 atom stereocenters. The molecule has 0 aliphatic carbocycles. The zero-order valence-corrected chi connectivity index (χ0v) is 12.6. The van der Waals surface area contributed by atoms with Gasteiger partial charge >= 0.3 is 0 Å². The van der Waals surface area contributed by atoms with Crippen LogP contribution in [0.2, 0.25) is 0 Å². The first-order valence-corrected chi connectivity index (χ1v) is 7.58. The van der Waals surface area contributed by atoms with Crippen molar-refractivity contribution in [3.8, 4) is 0 Å². The molecule has 0 rings (SSSR count). The van der Waals surface area contributed by atoms with Crippen molar-refractivity contribution in [2.24, 2.45) is 23.7 Å². The maximum absolute atomic E-state index is 2.46. The van der Waals surface area contributed by atoms with Gasteiger partial charge in [-0.2, -0.15) is 0 Å². The van der Waals surface area contributed by atoms with Crippen molar-refractivity contribution in [2.75, 3.05) is 0 Å². The van der Waals surface area contributed by atoms with Crippen molar-refractivity contribution < 1.29 is 0 Å². The second kappa shape index (κ2) is 9.07. The van der Waals surface area contributed by atoms with Crippen LogP contribution in [0, 0.1) is 23.7 Å². The summed E-state index contributed by atoms with van der Waals surface area (Å²) in [4.78, 5) is 0. The first-order chi connectivity index (χ1) is 7.58. The van der Waals surface area contributed by atoms with E-state index in [0.29, 0.717) is 0 Å². The first-order valence-electron chi connectivity index (χ1n) is 7.58. The topological polar surface area (TPSA) is 0 Å². The molecule has 0 nitrogen and oxygen atoms in total. The highest BCUT2D eigenvalue weighted by Gasteiger charge is 2.26. The van der Waals surface area contributed by atoms with Crippen molar-refractivity contribution in [1.29, 1.82) is 0 Å². The Bertz CT molecular complexity index is 148. The quantitative estimate of drug-likeness (QED) is 0.458. The fourth-order valence-electron chi connectivity index (χ4n) is 3.04. The van der Waals surface area contributed by atoms with Gasteiger partial charge in [0, 0.05) is 0 Å². The van der Waals surface area contributed by atoms with Gasteiger partial charge in [-0.15, -0.1) is 0 Å². The molecule has 0 bridgehead atoms.